The third-order valence-corrected chi connectivity index (χ3v) is 3.78. The minimum absolute atomic E-state index is 0.357. The summed E-state index contributed by atoms with van der Waals surface area (Å²) in [5.74, 6) is 0.357. The van der Waals surface area contributed by atoms with Crippen LogP contribution in [0.2, 0.25) is 0 Å². The standard InChI is InChI=1S/C18H25N3O/c1-4-21(11-10-20(2)3)14-17-12-15(7-8-18(17)22)16-6-5-9-19-13-16/h5-9,12-13,22H,4,10-11,14H2,1-3H3. The molecular formula is C18H25N3O. The molecule has 0 aliphatic carbocycles. The Morgan fingerprint density at radius 1 is 1.09 bits per heavy atom. The highest BCUT2D eigenvalue weighted by atomic mass is 16.3. The van der Waals surface area contributed by atoms with Gasteiger partial charge >= 0.3 is 0 Å². The van der Waals surface area contributed by atoms with Gasteiger partial charge in [0.1, 0.15) is 5.75 Å². The summed E-state index contributed by atoms with van der Waals surface area (Å²) in [5, 5.41) is 10.2. The molecule has 0 saturated carbocycles. The number of nitrogens with zero attached hydrogens (tertiary/aromatic N) is 3. The summed E-state index contributed by atoms with van der Waals surface area (Å²) in [6.45, 7) is 5.86. The fraction of sp³-hybridized carbons (Fsp3) is 0.389. The van der Waals surface area contributed by atoms with Crippen LogP contribution in [-0.2, 0) is 6.54 Å². The Morgan fingerprint density at radius 2 is 1.91 bits per heavy atom. The predicted octanol–water partition coefficient (Wildman–Crippen LogP) is 2.84. The van der Waals surface area contributed by atoms with E-state index in [0.29, 0.717) is 5.75 Å². The van der Waals surface area contributed by atoms with Gasteiger partial charge in [0.15, 0.2) is 0 Å². The van der Waals surface area contributed by atoms with Crippen molar-refractivity contribution < 1.29 is 5.11 Å². The maximum Gasteiger partial charge on any atom is 0.120 e. The van der Waals surface area contributed by atoms with Gasteiger partial charge in [-0.25, -0.2) is 0 Å². The topological polar surface area (TPSA) is 39.6 Å². The number of hydrogen-bond acceptors (Lipinski definition) is 4. The first-order valence-corrected chi connectivity index (χ1v) is 7.69. The molecule has 0 atom stereocenters. The molecule has 4 nitrogen and oxygen atoms in total. The SMILES string of the molecule is CCN(CCN(C)C)Cc1cc(-c2cccnc2)ccc1O. The number of phenolic OH excluding ortho intramolecular Hbond substituents is 1. The number of pyridine rings is 1. The minimum atomic E-state index is 0.357. The molecule has 0 fully saturated rings. The Morgan fingerprint density at radius 3 is 2.55 bits per heavy atom. The van der Waals surface area contributed by atoms with Crippen molar-refractivity contribution in [1.29, 1.82) is 0 Å². The predicted molar refractivity (Wildman–Crippen MR) is 90.8 cm³/mol. The average molecular weight is 299 g/mol. The van der Waals surface area contributed by atoms with E-state index in [-0.39, 0.29) is 0 Å². The molecule has 22 heavy (non-hydrogen) atoms. The lowest BCUT2D eigenvalue weighted by atomic mass is 10.0. The van der Waals surface area contributed by atoms with Crippen LogP contribution in [0.15, 0.2) is 42.7 Å². The maximum atomic E-state index is 10.2. The molecule has 0 unspecified atom stereocenters. The van der Waals surface area contributed by atoms with Gasteiger partial charge in [0.2, 0.25) is 0 Å². The number of phenols is 1. The van der Waals surface area contributed by atoms with Gasteiger partial charge in [0, 0.05) is 43.2 Å². The van der Waals surface area contributed by atoms with Gasteiger partial charge in [0.25, 0.3) is 0 Å². The van der Waals surface area contributed by atoms with Crippen LogP contribution < -0.4 is 0 Å². The molecule has 118 valence electrons. The van der Waals surface area contributed by atoms with Crippen LogP contribution in [0.25, 0.3) is 11.1 Å². The first-order valence-electron chi connectivity index (χ1n) is 7.69. The van der Waals surface area contributed by atoms with Crippen molar-refractivity contribution in [2.45, 2.75) is 13.5 Å². The van der Waals surface area contributed by atoms with E-state index >= 15 is 0 Å². The lowest BCUT2D eigenvalue weighted by Crippen LogP contribution is -2.31. The maximum absolute atomic E-state index is 10.2. The summed E-state index contributed by atoms with van der Waals surface area (Å²) in [4.78, 5) is 8.67. The molecule has 1 aromatic carbocycles. The molecule has 1 heterocycles. The lowest BCUT2D eigenvalue weighted by molar-refractivity contribution is 0.241. The second kappa shape index (κ2) is 7.92. The normalized spacial score (nSPS) is 11.3. The van der Waals surface area contributed by atoms with Crippen LogP contribution in [0.1, 0.15) is 12.5 Å². The van der Waals surface area contributed by atoms with E-state index in [9.17, 15) is 5.11 Å². The number of hydrogen-bond donors (Lipinski definition) is 1. The van der Waals surface area contributed by atoms with Gasteiger partial charge < -0.3 is 10.0 Å². The zero-order valence-corrected chi connectivity index (χ0v) is 13.7. The Labute approximate surface area is 133 Å². The molecule has 0 saturated heterocycles. The quantitative estimate of drug-likeness (QED) is 0.853. The van der Waals surface area contributed by atoms with E-state index in [2.05, 4.69) is 41.9 Å². The first kappa shape index (κ1) is 16.5. The highest BCUT2D eigenvalue weighted by molar-refractivity contribution is 5.64. The fourth-order valence-electron chi connectivity index (χ4n) is 2.36. The van der Waals surface area contributed by atoms with Gasteiger partial charge in [-0.3, -0.25) is 9.88 Å². The Balaban J connectivity index is 2.16. The fourth-order valence-corrected chi connectivity index (χ4v) is 2.36. The third kappa shape index (κ3) is 4.55. The van der Waals surface area contributed by atoms with Crippen LogP contribution in [0.4, 0.5) is 0 Å². The lowest BCUT2D eigenvalue weighted by Gasteiger charge is -2.23. The van der Waals surface area contributed by atoms with Crippen molar-refractivity contribution in [3.8, 4) is 16.9 Å². The van der Waals surface area contributed by atoms with Gasteiger partial charge in [-0.2, -0.15) is 0 Å². The third-order valence-electron chi connectivity index (χ3n) is 3.78. The Hall–Kier alpha value is -1.91. The molecule has 0 spiro atoms. The molecule has 1 aromatic heterocycles. The molecular weight excluding hydrogens is 274 g/mol. The first-order chi connectivity index (χ1) is 10.6. The van der Waals surface area contributed by atoms with Crippen molar-refractivity contribution in [1.82, 2.24) is 14.8 Å². The van der Waals surface area contributed by atoms with Crippen molar-refractivity contribution in [2.75, 3.05) is 33.7 Å². The van der Waals surface area contributed by atoms with Crippen molar-refractivity contribution in [3.63, 3.8) is 0 Å². The summed E-state index contributed by atoms with van der Waals surface area (Å²) in [5.41, 5.74) is 3.12. The van der Waals surface area contributed by atoms with Gasteiger partial charge in [-0.05, 0) is 44.4 Å². The molecule has 0 bridgehead atoms. The zero-order chi connectivity index (χ0) is 15.9. The summed E-state index contributed by atoms with van der Waals surface area (Å²) in [6, 6.07) is 9.73. The average Bonchev–Trinajstić information content (AvgIpc) is 2.53. The van der Waals surface area contributed by atoms with Crippen LogP contribution in [0.3, 0.4) is 0 Å². The van der Waals surface area contributed by atoms with E-state index in [0.717, 1.165) is 42.9 Å². The largest absolute Gasteiger partial charge is 0.508 e. The van der Waals surface area contributed by atoms with Crippen molar-refractivity contribution in [2.24, 2.45) is 0 Å². The Kier molecular flexibility index (Phi) is 5.92. The number of likely N-dealkylation sites (N-methyl/N-ethyl adjacent to an activating group) is 2. The highest BCUT2D eigenvalue weighted by Gasteiger charge is 2.09. The van der Waals surface area contributed by atoms with Crippen LogP contribution >= 0.6 is 0 Å². The highest BCUT2D eigenvalue weighted by Crippen LogP contribution is 2.26. The number of rotatable bonds is 7. The molecule has 2 rings (SSSR count). The van der Waals surface area contributed by atoms with E-state index in [1.165, 1.54) is 0 Å². The second-order valence-electron chi connectivity index (χ2n) is 5.76. The number of aromatic hydroxyl groups is 1. The van der Waals surface area contributed by atoms with E-state index < -0.39 is 0 Å². The molecule has 0 aliphatic heterocycles. The van der Waals surface area contributed by atoms with E-state index in [1.54, 1.807) is 12.3 Å². The molecule has 4 heteroatoms. The smallest absolute Gasteiger partial charge is 0.120 e. The molecule has 0 aliphatic rings. The van der Waals surface area contributed by atoms with E-state index in [1.807, 2.05) is 24.4 Å². The number of aromatic nitrogens is 1. The van der Waals surface area contributed by atoms with Crippen molar-refractivity contribution in [3.05, 3.63) is 48.3 Å². The molecule has 0 radical (unpaired) electrons. The van der Waals surface area contributed by atoms with Crippen LogP contribution in [0.5, 0.6) is 5.75 Å². The summed E-state index contributed by atoms with van der Waals surface area (Å²) in [7, 11) is 4.16. The van der Waals surface area contributed by atoms with E-state index in [4.69, 9.17) is 0 Å². The van der Waals surface area contributed by atoms with Gasteiger partial charge in [-0.15, -0.1) is 0 Å². The number of benzene rings is 1. The zero-order valence-electron chi connectivity index (χ0n) is 13.7. The monoisotopic (exact) mass is 299 g/mol. The summed E-state index contributed by atoms with van der Waals surface area (Å²) < 4.78 is 0. The van der Waals surface area contributed by atoms with Crippen molar-refractivity contribution >= 4 is 0 Å². The molecule has 1 N–H and O–H groups in total. The van der Waals surface area contributed by atoms with Crippen LogP contribution in [0, 0.1) is 0 Å². The van der Waals surface area contributed by atoms with Gasteiger partial charge in [0.05, 0.1) is 0 Å². The Bertz CT molecular complexity index is 584. The summed E-state index contributed by atoms with van der Waals surface area (Å²) in [6.07, 6.45) is 3.62. The minimum Gasteiger partial charge on any atom is -0.508 e. The molecule has 0 amide bonds. The summed E-state index contributed by atoms with van der Waals surface area (Å²) >= 11 is 0. The van der Waals surface area contributed by atoms with Crippen LogP contribution in [-0.4, -0.2) is 53.6 Å². The second-order valence-corrected chi connectivity index (χ2v) is 5.76. The van der Waals surface area contributed by atoms with Gasteiger partial charge in [-0.1, -0.05) is 19.1 Å². The molecule has 2 aromatic rings.